The second-order valence-electron chi connectivity index (χ2n) is 3.58. The maximum absolute atomic E-state index is 8.75. The minimum atomic E-state index is 0.215. The third-order valence-electron chi connectivity index (χ3n) is 2.28. The zero-order valence-corrected chi connectivity index (χ0v) is 9.70. The molecule has 84 valence electrons. The van der Waals surface area contributed by atoms with Crippen molar-refractivity contribution in [1.29, 1.82) is 0 Å². The number of nitrogens with two attached hydrogens (primary N) is 1. The van der Waals surface area contributed by atoms with E-state index in [1.54, 1.807) is 11.3 Å². The van der Waals surface area contributed by atoms with Crippen LogP contribution in [-0.2, 0) is 6.42 Å². The number of rotatable bonds is 4. The molecule has 0 saturated heterocycles. The van der Waals surface area contributed by atoms with Crippen LogP contribution >= 0.6 is 11.3 Å². The summed E-state index contributed by atoms with van der Waals surface area (Å²) >= 11 is 1.63. The van der Waals surface area contributed by atoms with Crippen molar-refractivity contribution in [2.75, 3.05) is 12.3 Å². The van der Waals surface area contributed by atoms with Crippen molar-refractivity contribution in [3.63, 3.8) is 0 Å². The Balaban J connectivity index is 2.18. The molecule has 1 aromatic heterocycles. The first-order valence-electron chi connectivity index (χ1n) is 5.21. The lowest BCUT2D eigenvalue weighted by Gasteiger charge is -1.97. The van der Waals surface area contributed by atoms with Gasteiger partial charge in [-0.25, -0.2) is 4.98 Å². The third-order valence-corrected chi connectivity index (χ3v) is 3.19. The van der Waals surface area contributed by atoms with E-state index >= 15 is 0 Å². The molecule has 0 spiro atoms. The van der Waals surface area contributed by atoms with Gasteiger partial charge in [0.15, 0.2) is 0 Å². The maximum atomic E-state index is 8.75. The molecule has 1 heterocycles. The summed E-state index contributed by atoms with van der Waals surface area (Å²) in [5, 5.41) is 11.8. The summed E-state index contributed by atoms with van der Waals surface area (Å²) in [7, 11) is 0. The predicted molar refractivity (Wildman–Crippen MR) is 67.4 cm³/mol. The number of aliphatic hydroxyl groups excluding tert-OH is 1. The van der Waals surface area contributed by atoms with Crippen LogP contribution in [0.4, 0.5) is 5.69 Å². The van der Waals surface area contributed by atoms with Crippen LogP contribution in [0.1, 0.15) is 11.4 Å². The number of benzene rings is 1. The van der Waals surface area contributed by atoms with Crippen LogP contribution in [-0.4, -0.2) is 16.7 Å². The molecular weight excluding hydrogens is 220 g/mol. The van der Waals surface area contributed by atoms with Gasteiger partial charge in [-0.2, -0.15) is 0 Å². The minimum absolute atomic E-state index is 0.215. The molecule has 0 aliphatic rings. The monoisotopic (exact) mass is 234 g/mol. The number of aliphatic hydroxyl groups is 1. The average molecular weight is 234 g/mol. The Hall–Kier alpha value is -1.39. The number of thiazole rings is 1. The van der Waals surface area contributed by atoms with Gasteiger partial charge in [0.05, 0.1) is 10.7 Å². The van der Waals surface area contributed by atoms with Gasteiger partial charge in [-0.1, -0.05) is 12.1 Å². The molecule has 0 radical (unpaired) electrons. The van der Waals surface area contributed by atoms with Gasteiger partial charge < -0.3 is 10.8 Å². The molecule has 3 nitrogen and oxygen atoms in total. The Morgan fingerprint density at radius 3 is 3.00 bits per heavy atom. The molecule has 3 N–H and O–H groups in total. The molecule has 0 saturated carbocycles. The summed E-state index contributed by atoms with van der Waals surface area (Å²) in [5.41, 5.74) is 8.49. The van der Waals surface area contributed by atoms with Gasteiger partial charge in [0.1, 0.15) is 0 Å². The quantitative estimate of drug-likeness (QED) is 0.798. The summed E-state index contributed by atoms with van der Waals surface area (Å²) < 4.78 is 0. The first-order chi connectivity index (χ1) is 7.79. The summed E-state index contributed by atoms with van der Waals surface area (Å²) in [6.45, 7) is 0.215. The Kier molecular flexibility index (Phi) is 3.54. The second kappa shape index (κ2) is 5.09. The fraction of sp³-hybridized carbons (Fsp3) is 0.250. The van der Waals surface area contributed by atoms with Gasteiger partial charge in [0, 0.05) is 29.7 Å². The molecule has 0 amide bonds. The standard InChI is InChI=1S/C12H14N2OS/c13-10-4-1-3-9(7-10)11-8-16-12(14-11)5-2-6-15/h1,3-4,7-8,15H,2,5-6,13H2. The molecule has 2 rings (SSSR count). The number of hydrogen-bond donors (Lipinski definition) is 2. The number of aryl methyl sites for hydroxylation is 1. The topological polar surface area (TPSA) is 59.1 Å². The van der Waals surface area contributed by atoms with Crippen LogP contribution in [0.5, 0.6) is 0 Å². The lowest BCUT2D eigenvalue weighted by molar-refractivity contribution is 0.288. The van der Waals surface area contributed by atoms with Crippen molar-refractivity contribution in [1.82, 2.24) is 4.98 Å². The van der Waals surface area contributed by atoms with E-state index in [2.05, 4.69) is 4.98 Å². The van der Waals surface area contributed by atoms with E-state index in [4.69, 9.17) is 10.8 Å². The predicted octanol–water partition coefficient (Wildman–Crippen LogP) is 2.32. The molecule has 0 bridgehead atoms. The van der Waals surface area contributed by atoms with E-state index in [1.807, 2.05) is 29.6 Å². The van der Waals surface area contributed by atoms with Gasteiger partial charge in [0.2, 0.25) is 0 Å². The number of nitrogen functional groups attached to an aromatic ring is 1. The maximum Gasteiger partial charge on any atom is 0.0933 e. The van der Waals surface area contributed by atoms with Crippen LogP contribution in [0.15, 0.2) is 29.6 Å². The van der Waals surface area contributed by atoms with E-state index < -0.39 is 0 Å². The first-order valence-corrected chi connectivity index (χ1v) is 6.09. The van der Waals surface area contributed by atoms with E-state index in [0.717, 1.165) is 34.8 Å². The van der Waals surface area contributed by atoms with Crippen LogP contribution in [0.25, 0.3) is 11.3 Å². The summed E-state index contributed by atoms with van der Waals surface area (Å²) in [6, 6.07) is 7.71. The van der Waals surface area contributed by atoms with Crippen LogP contribution in [0.2, 0.25) is 0 Å². The average Bonchev–Trinajstić information content (AvgIpc) is 2.75. The van der Waals surface area contributed by atoms with Crippen molar-refractivity contribution in [2.24, 2.45) is 0 Å². The fourth-order valence-corrected chi connectivity index (χ4v) is 2.34. The lowest BCUT2D eigenvalue weighted by Crippen LogP contribution is -1.89. The Bertz CT molecular complexity index is 468. The minimum Gasteiger partial charge on any atom is -0.399 e. The van der Waals surface area contributed by atoms with E-state index in [9.17, 15) is 0 Å². The highest BCUT2D eigenvalue weighted by Crippen LogP contribution is 2.23. The van der Waals surface area contributed by atoms with Crippen LogP contribution in [0, 0.1) is 0 Å². The fourth-order valence-electron chi connectivity index (χ4n) is 1.49. The van der Waals surface area contributed by atoms with Gasteiger partial charge >= 0.3 is 0 Å². The number of anilines is 1. The normalized spacial score (nSPS) is 10.6. The Morgan fingerprint density at radius 2 is 2.25 bits per heavy atom. The molecule has 0 unspecified atom stereocenters. The Labute approximate surface area is 98.6 Å². The molecule has 1 aromatic carbocycles. The van der Waals surface area contributed by atoms with Crippen LogP contribution in [0.3, 0.4) is 0 Å². The molecule has 16 heavy (non-hydrogen) atoms. The molecule has 4 heteroatoms. The SMILES string of the molecule is Nc1cccc(-c2csc(CCCO)n2)c1. The number of hydrogen-bond acceptors (Lipinski definition) is 4. The van der Waals surface area contributed by atoms with Crippen molar-refractivity contribution in [3.8, 4) is 11.3 Å². The van der Waals surface area contributed by atoms with Crippen molar-refractivity contribution in [2.45, 2.75) is 12.8 Å². The largest absolute Gasteiger partial charge is 0.399 e. The first kappa shape index (κ1) is 11.1. The summed E-state index contributed by atoms with van der Waals surface area (Å²) in [4.78, 5) is 4.51. The van der Waals surface area contributed by atoms with E-state index in [-0.39, 0.29) is 6.61 Å². The molecule has 0 atom stereocenters. The highest BCUT2D eigenvalue weighted by atomic mass is 32.1. The molecular formula is C12H14N2OS. The third kappa shape index (κ3) is 2.59. The zero-order valence-electron chi connectivity index (χ0n) is 8.89. The smallest absolute Gasteiger partial charge is 0.0933 e. The summed E-state index contributed by atoms with van der Waals surface area (Å²) in [6.07, 6.45) is 1.60. The summed E-state index contributed by atoms with van der Waals surface area (Å²) in [5.74, 6) is 0. The molecule has 2 aromatic rings. The Morgan fingerprint density at radius 1 is 1.38 bits per heavy atom. The van der Waals surface area contributed by atoms with Crippen molar-refractivity contribution in [3.05, 3.63) is 34.7 Å². The lowest BCUT2D eigenvalue weighted by atomic mass is 10.1. The van der Waals surface area contributed by atoms with Crippen molar-refractivity contribution < 1.29 is 5.11 Å². The van der Waals surface area contributed by atoms with Gasteiger partial charge in [0.25, 0.3) is 0 Å². The molecule has 0 aliphatic heterocycles. The van der Waals surface area contributed by atoms with E-state index in [1.165, 1.54) is 0 Å². The molecule has 0 aliphatic carbocycles. The second-order valence-corrected chi connectivity index (χ2v) is 4.52. The van der Waals surface area contributed by atoms with Gasteiger partial charge in [-0.3, -0.25) is 0 Å². The van der Waals surface area contributed by atoms with E-state index in [0.29, 0.717) is 0 Å². The number of nitrogens with zero attached hydrogens (tertiary/aromatic N) is 1. The number of aromatic nitrogens is 1. The highest BCUT2D eigenvalue weighted by molar-refractivity contribution is 7.09. The van der Waals surface area contributed by atoms with Gasteiger partial charge in [-0.15, -0.1) is 11.3 Å². The van der Waals surface area contributed by atoms with Gasteiger partial charge in [-0.05, 0) is 18.6 Å². The highest BCUT2D eigenvalue weighted by Gasteiger charge is 2.04. The van der Waals surface area contributed by atoms with Crippen molar-refractivity contribution >= 4 is 17.0 Å². The molecule has 0 fully saturated rings. The van der Waals surface area contributed by atoms with Crippen LogP contribution < -0.4 is 5.73 Å². The zero-order chi connectivity index (χ0) is 11.4.